The van der Waals surface area contributed by atoms with E-state index < -0.39 is 29.7 Å². The molecule has 0 aliphatic heterocycles. The van der Waals surface area contributed by atoms with Gasteiger partial charge < -0.3 is 10.5 Å². The van der Waals surface area contributed by atoms with Crippen LogP contribution in [0.5, 0.6) is 0 Å². The lowest BCUT2D eigenvalue weighted by atomic mass is 10.1. The maximum atomic E-state index is 13.0. The number of ether oxygens (including phenoxy) is 1. The van der Waals surface area contributed by atoms with E-state index in [9.17, 15) is 18.0 Å². The van der Waals surface area contributed by atoms with Gasteiger partial charge in [0.05, 0.1) is 19.2 Å². The maximum Gasteiger partial charge on any atom is 0.310 e. The summed E-state index contributed by atoms with van der Waals surface area (Å²) in [7, 11) is 1.13. The summed E-state index contributed by atoms with van der Waals surface area (Å²) in [5.41, 5.74) is 4.02. The van der Waals surface area contributed by atoms with Gasteiger partial charge in [0.25, 0.3) is 6.43 Å². The van der Waals surface area contributed by atoms with E-state index in [2.05, 4.69) is 9.72 Å². The molecule has 2 N–H and O–H groups in total. The van der Waals surface area contributed by atoms with Crippen LogP contribution < -0.4 is 5.73 Å². The Morgan fingerprint density at radius 2 is 2.25 bits per heavy atom. The van der Waals surface area contributed by atoms with E-state index in [1.807, 2.05) is 0 Å². The molecular formula is C9H9F3N2O2. The lowest BCUT2D eigenvalue weighted by molar-refractivity contribution is -0.139. The van der Waals surface area contributed by atoms with Crippen LogP contribution >= 0.6 is 0 Å². The second-order valence-corrected chi connectivity index (χ2v) is 2.96. The third-order valence-electron chi connectivity index (χ3n) is 1.90. The number of anilines is 1. The second-order valence-electron chi connectivity index (χ2n) is 2.96. The molecule has 1 aromatic heterocycles. The maximum absolute atomic E-state index is 13.0. The van der Waals surface area contributed by atoms with Gasteiger partial charge in [-0.15, -0.1) is 0 Å². The summed E-state index contributed by atoms with van der Waals surface area (Å²) < 4.78 is 41.9. The van der Waals surface area contributed by atoms with Gasteiger partial charge in [-0.05, 0) is 11.6 Å². The minimum atomic E-state index is -2.92. The van der Waals surface area contributed by atoms with E-state index >= 15 is 0 Å². The van der Waals surface area contributed by atoms with Crippen molar-refractivity contribution in [2.75, 3.05) is 12.8 Å². The summed E-state index contributed by atoms with van der Waals surface area (Å²) in [6, 6.07) is 0.889. The Kier molecular flexibility index (Phi) is 3.70. The van der Waals surface area contributed by atoms with Crippen LogP contribution in [-0.4, -0.2) is 18.1 Å². The smallest absolute Gasteiger partial charge is 0.310 e. The van der Waals surface area contributed by atoms with Crippen molar-refractivity contribution in [3.05, 3.63) is 23.3 Å². The fraction of sp³-hybridized carbons (Fsp3) is 0.333. The highest BCUT2D eigenvalue weighted by Crippen LogP contribution is 2.23. The molecule has 16 heavy (non-hydrogen) atoms. The zero-order valence-corrected chi connectivity index (χ0v) is 8.34. The number of pyridine rings is 1. The first-order valence-corrected chi connectivity index (χ1v) is 4.25. The average Bonchev–Trinajstić information content (AvgIpc) is 2.23. The van der Waals surface area contributed by atoms with Gasteiger partial charge in [-0.2, -0.15) is 4.39 Å². The molecule has 0 amide bonds. The number of hydrogen-bond acceptors (Lipinski definition) is 4. The lowest BCUT2D eigenvalue weighted by Gasteiger charge is -2.07. The lowest BCUT2D eigenvalue weighted by Crippen LogP contribution is -2.10. The van der Waals surface area contributed by atoms with Crippen LogP contribution in [0.4, 0.5) is 18.9 Å². The molecule has 0 aromatic carbocycles. The molecule has 4 nitrogen and oxygen atoms in total. The van der Waals surface area contributed by atoms with Crippen molar-refractivity contribution in [2.24, 2.45) is 0 Å². The summed E-state index contributed by atoms with van der Waals surface area (Å²) in [5.74, 6) is -1.91. The summed E-state index contributed by atoms with van der Waals surface area (Å²) >= 11 is 0. The number of aromatic nitrogens is 1. The van der Waals surface area contributed by atoms with E-state index in [0.717, 1.165) is 13.2 Å². The topological polar surface area (TPSA) is 65.2 Å². The number of methoxy groups -OCH3 is 1. The SMILES string of the molecule is COC(=O)Cc1cc(C(F)F)nc(F)c1N. The van der Waals surface area contributed by atoms with E-state index in [1.165, 1.54) is 0 Å². The molecule has 1 heterocycles. The predicted octanol–water partition coefficient (Wildman–Crippen LogP) is 1.46. The first-order valence-electron chi connectivity index (χ1n) is 4.25. The van der Waals surface area contributed by atoms with Gasteiger partial charge in [0.2, 0.25) is 5.95 Å². The van der Waals surface area contributed by atoms with Gasteiger partial charge in [-0.1, -0.05) is 0 Å². The van der Waals surface area contributed by atoms with Crippen LogP contribution in [0.3, 0.4) is 0 Å². The molecule has 0 spiro atoms. The Balaban J connectivity index is 3.11. The molecule has 0 bridgehead atoms. The molecule has 0 aliphatic rings. The number of hydrogen-bond donors (Lipinski definition) is 1. The molecule has 1 rings (SSSR count). The van der Waals surface area contributed by atoms with Crippen LogP contribution in [-0.2, 0) is 16.0 Å². The van der Waals surface area contributed by atoms with Crippen LogP contribution in [0.1, 0.15) is 17.7 Å². The minimum absolute atomic E-state index is 0.0605. The predicted molar refractivity (Wildman–Crippen MR) is 49.3 cm³/mol. The summed E-state index contributed by atoms with van der Waals surface area (Å²) in [6.07, 6.45) is -3.30. The normalized spacial score (nSPS) is 10.6. The van der Waals surface area contributed by atoms with Crippen LogP contribution in [0, 0.1) is 5.95 Å². The van der Waals surface area contributed by atoms with Gasteiger partial charge >= 0.3 is 5.97 Å². The Morgan fingerprint density at radius 3 is 2.75 bits per heavy atom. The number of carbonyl (C=O) groups excluding carboxylic acids is 1. The number of nitrogens with zero attached hydrogens (tertiary/aromatic N) is 1. The van der Waals surface area contributed by atoms with Crippen molar-refractivity contribution in [3.8, 4) is 0 Å². The Morgan fingerprint density at radius 1 is 1.62 bits per heavy atom. The molecule has 88 valence electrons. The molecule has 0 aliphatic carbocycles. The third-order valence-corrected chi connectivity index (χ3v) is 1.90. The van der Waals surface area contributed by atoms with E-state index in [-0.39, 0.29) is 12.0 Å². The molecule has 0 fully saturated rings. The van der Waals surface area contributed by atoms with Crippen molar-refractivity contribution < 1.29 is 22.7 Å². The average molecular weight is 234 g/mol. The molecule has 0 saturated carbocycles. The van der Waals surface area contributed by atoms with Gasteiger partial charge in [-0.3, -0.25) is 4.79 Å². The summed E-state index contributed by atoms with van der Waals surface area (Å²) in [6.45, 7) is 0. The molecular weight excluding hydrogens is 225 g/mol. The number of halogens is 3. The first kappa shape index (κ1) is 12.3. The number of nitrogen functional groups attached to an aromatic ring is 1. The first-order chi connectivity index (χ1) is 7.45. The quantitative estimate of drug-likeness (QED) is 0.635. The molecule has 1 aromatic rings. The third kappa shape index (κ3) is 2.62. The highest BCUT2D eigenvalue weighted by atomic mass is 19.3. The molecule has 0 radical (unpaired) electrons. The Bertz CT molecular complexity index is 410. The van der Waals surface area contributed by atoms with Crippen molar-refractivity contribution in [1.82, 2.24) is 4.98 Å². The Labute approximate surface area is 89.2 Å². The molecule has 0 saturated heterocycles. The van der Waals surface area contributed by atoms with E-state index in [4.69, 9.17) is 5.73 Å². The van der Waals surface area contributed by atoms with Crippen molar-refractivity contribution in [2.45, 2.75) is 12.8 Å². The largest absolute Gasteiger partial charge is 0.469 e. The van der Waals surface area contributed by atoms with Gasteiger partial charge in [0.1, 0.15) is 5.69 Å². The van der Waals surface area contributed by atoms with Gasteiger partial charge in [0, 0.05) is 0 Å². The Hall–Kier alpha value is -1.79. The van der Waals surface area contributed by atoms with Gasteiger partial charge in [-0.25, -0.2) is 13.8 Å². The summed E-state index contributed by atoms with van der Waals surface area (Å²) in [4.78, 5) is 13.9. The summed E-state index contributed by atoms with van der Waals surface area (Å²) in [5, 5.41) is 0. The van der Waals surface area contributed by atoms with Crippen LogP contribution in [0.25, 0.3) is 0 Å². The second kappa shape index (κ2) is 4.82. The van der Waals surface area contributed by atoms with Crippen LogP contribution in [0.2, 0.25) is 0 Å². The monoisotopic (exact) mass is 234 g/mol. The van der Waals surface area contributed by atoms with Crippen LogP contribution in [0.15, 0.2) is 6.07 Å². The highest BCUT2D eigenvalue weighted by molar-refractivity contribution is 5.74. The number of alkyl halides is 2. The number of carbonyl (C=O) groups is 1. The van der Waals surface area contributed by atoms with Crippen molar-refractivity contribution in [1.29, 1.82) is 0 Å². The standard InChI is InChI=1S/C9H9F3N2O2/c1-16-6(15)3-4-2-5(8(10)11)14-9(12)7(4)13/h2,8H,3,13H2,1H3. The molecule has 7 heteroatoms. The zero-order chi connectivity index (χ0) is 12.3. The molecule has 0 atom stereocenters. The number of rotatable bonds is 3. The number of esters is 1. The fourth-order valence-corrected chi connectivity index (χ4v) is 1.08. The highest BCUT2D eigenvalue weighted by Gasteiger charge is 2.17. The zero-order valence-electron chi connectivity index (χ0n) is 8.34. The van der Waals surface area contributed by atoms with E-state index in [1.54, 1.807) is 0 Å². The minimum Gasteiger partial charge on any atom is -0.469 e. The van der Waals surface area contributed by atoms with Crippen molar-refractivity contribution in [3.63, 3.8) is 0 Å². The fourth-order valence-electron chi connectivity index (χ4n) is 1.08. The molecule has 0 unspecified atom stereocenters. The van der Waals surface area contributed by atoms with E-state index in [0.29, 0.717) is 0 Å². The number of nitrogens with two attached hydrogens (primary N) is 1. The van der Waals surface area contributed by atoms with Crippen molar-refractivity contribution >= 4 is 11.7 Å². The van der Waals surface area contributed by atoms with Gasteiger partial charge in [0.15, 0.2) is 0 Å².